The van der Waals surface area contributed by atoms with Crippen molar-refractivity contribution in [2.24, 2.45) is 11.8 Å². The molecule has 5 nitrogen and oxygen atoms in total. The summed E-state index contributed by atoms with van der Waals surface area (Å²) in [6.07, 6.45) is 5.27. The van der Waals surface area contributed by atoms with Crippen molar-refractivity contribution in [1.29, 1.82) is 0 Å². The molecule has 1 aromatic carbocycles. The van der Waals surface area contributed by atoms with Crippen molar-refractivity contribution in [2.45, 2.75) is 37.8 Å². The molecule has 3 saturated heterocycles. The van der Waals surface area contributed by atoms with E-state index in [-0.39, 0.29) is 30.7 Å². The van der Waals surface area contributed by atoms with E-state index in [0.29, 0.717) is 23.0 Å². The van der Waals surface area contributed by atoms with Gasteiger partial charge in [0.25, 0.3) is 5.91 Å². The van der Waals surface area contributed by atoms with Gasteiger partial charge in [-0.05, 0) is 50.7 Å². The van der Waals surface area contributed by atoms with Crippen LogP contribution in [-0.4, -0.2) is 54.1 Å². The van der Waals surface area contributed by atoms with Crippen molar-refractivity contribution in [1.82, 2.24) is 20.5 Å². The van der Waals surface area contributed by atoms with E-state index in [4.69, 9.17) is 0 Å². The number of nitrogens with one attached hydrogen (secondary N) is 2. The molecule has 5 rings (SSSR count). The molecule has 8 heteroatoms. The molecule has 0 radical (unpaired) electrons. The second kappa shape index (κ2) is 10.4. The highest BCUT2D eigenvalue weighted by atomic mass is 35.5. The van der Waals surface area contributed by atoms with Gasteiger partial charge in [-0.1, -0.05) is 36.8 Å². The number of carbonyl (C=O) groups is 1. The van der Waals surface area contributed by atoms with Crippen LogP contribution >= 0.6 is 36.2 Å². The largest absolute Gasteiger partial charge is 0.348 e. The zero-order valence-electron chi connectivity index (χ0n) is 17.0. The van der Waals surface area contributed by atoms with Gasteiger partial charge in [0.05, 0.1) is 5.69 Å². The lowest BCUT2D eigenvalue weighted by molar-refractivity contribution is -0.0371. The van der Waals surface area contributed by atoms with Crippen LogP contribution in [0.5, 0.6) is 0 Å². The average Bonchev–Trinajstić information content (AvgIpc) is 3.25. The number of piperidine rings is 3. The molecular formula is C22H30Cl2N4OS. The third-order valence-corrected chi connectivity index (χ3v) is 7.61. The van der Waals surface area contributed by atoms with E-state index in [1.165, 1.54) is 43.6 Å². The van der Waals surface area contributed by atoms with E-state index < -0.39 is 0 Å². The fourth-order valence-corrected chi connectivity index (χ4v) is 6.18. The Balaban J connectivity index is 0.00000128. The fourth-order valence-electron chi connectivity index (χ4n) is 5.44. The van der Waals surface area contributed by atoms with Gasteiger partial charge in [-0.3, -0.25) is 9.69 Å². The summed E-state index contributed by atoms with van der Waals surface area (Å²) in [7, 11) is 0. The maximum absolute atomic E-state index is 12.8. The Bertz CT molecular complexity index is 834. The van der Waals surface area contributed by atoms with Crippen molar-refractivity contribution >= 4 is 42.1 Å². The summed E-state index contributed by atoms with van der Waals surface area (Å²) < 4.78 is 0. The molecule has 2 aromatic rings. The Morgan fingerprint density at radius 1 is 1.17 bits per heavy atom. The molecule has 3 fully saturated rings. The number of fused-ring (bicyclic) bond motifs is 4. The van der Waals surface area contributed by atoms with Crippen LogP contribution in [-0.2, 0) is 0 Å². The Hall–Kier alpha value is -1.18. The summed E-state index contributed by atoms with van der Waals surface area (Å²) in [4.78, 5) is 20.1. The molecule has 1 aromatic heterocycles. The van der Waals surface area contributed by atoms with Crippen molar-refractivity contribution < 1.29 is 4.79 Å². The van der Waals surface area contributed by atoms with Gasteiger partial charge in [-0.15, -0.1) is 36.2 Å². The van der Waals surface area contributed by atoms with Crippen LogP contribution in [0.1, 0.15) is 35.5 Å². The summed E-state index contributed by atoms with van der Waals surface area (Å²) in [5, 5.41) is 9.38. The molecule has 2 N–H and O–H groups in total. The van der Waals surface area contributed by atoms with E-state index in [2.05, 4.69) is 20.5 Å². The van der Waals surface area contributed by atoms with Crippen LogP contribution < -0.4 is 10.6 Å². The predicted molar refractivity (Wildman–Crippen MR) is 127 cm³/mol. The molecular weight excluding hydrogens is 439 g/mol. The van der Waals surface area contributed by atoms with Crippen molar-refractivity contribution in [3.8, 4) is 11.3 Å². The van der Waals surface area contributed by atoms with Crippen molar-refractivity contribution in [3.05, 3.63) is 40.7 Å². The summed E-state index contributed by atoms with van der Waals surface area (Å²) in [6.45, 7) is 4.16. The molecule has 0 spiro atoms. The van der Waals surface area contributed by atoms with Gasteiger partial charge < -0.3 is 10.6 Å². The number of benzene rings is 1. The van der Waals surface area contributed by atoms with Crippen molar-refractivity contribution in [2.75, 3.05) is 26.2 Å². The third kappa shape index (κ3) is 4.68. The van der Waals surface area contributed by atoms with E-state index in [1.54, 1.807) is 0 Å². The topological polar surface area (TPSA) is 57.3 Å². The van der Waals surface area contributed by atoms with Gasteiger partial charge in [0.15, 0.2) is 5.01 Å². The number of thiazole rings is 1. The van der Waals surface area contributed by atoms with Crippen LogP contribution in [0.3, 0.4) is 0 Å². The van der Waals surface area contributed by atoms with E-state index >= 15 is 0 Å². The Morgan fingerprint density at radius 2 is 1.97 bits per heavy atom. The number of rotatable bonds is 4. The molecule has 3 aliphatic rings. The van der Waals surface area contributed by atoms with Crippen LogP contribution in [0, 0.1) is 11.8 Å². The zero-order chi connectivity index (χ0) is 18.9. The lowest BCUT2D eigenvalue weighted by Gasteiger charge is -2.55. The fraction of sp³-hybridized carbons (Fsp3) is 0.545. The number of amides is 1. The Morgan fingerprint density at radius 3 is 2.80 bits per heavy atom. The van der Waals surface area contributed by atoms with Gasteiger partial charge in [-0.2, -0.15) is 0 Å². The van der Waals surface area contributed by atoms with Gasteiger partial charge >= 0.3 is 0 Å². The second-order valence-corrected chi connectivity index (χ2v) is 9.25. The number of hydrogen-bond donors (Lipinski definition) is 2. The maximum Gasteiger partial charge on any atom is 0.280 e. The molecule has 2 bridgehead atoms. The van der Waals surface area contributed by atoms with E-state index in [9.17, 15) is 4.79 Å². The smallest absolute Gasteiger partial charge is 0.280 e. The predicted octanol–water partition coefficient (Wildman–Crippen LogP) is 3.85. The summed E-state index contributed by atoms with van der Waals surface area (Å²) >= 11 is 1.43. The molecule has 30 heavy (non-hydrogen) atoms. The second-order valence-electron chi connectivity index (χ2n) is 8.40. The first kappa shape index (κ1) is 23.5. The lowest BCUT2D eigenvalue weighted by atomic mass is 9.73. The van der Waals surface area contributed by atoms with Gasteiger partial charge in [0.2, 0.25) is 0 Å². The SMILES string of the molecule is Cl.Cl.O=C(NC[C@H]1[C@@H]2CNC[C@@H](C2)[C@@H]2CCCCN21)c1nc(-c2ccccc2)cs1. The number of halogens is 2. The minimum atomic E-state index is -0.0355. The normalized spacial score (nSPS) is 27.9. The Labute approximate surface area is 194 Å². The molecule has 164 valence electrons. The molecule has 0 unspecified atom stereocenters. The van der Waals surface area contributed by atoms with Gasteiger partial charge in [-0.25, -0.2) is 4.98 Å². The maximum atomic E-state index is 12.8. The molecule has 4 atom stereocenters. The molecule has 1 amide bonds. The first-order chi connectivity index (χ1) is 13.8. The average molecular weight is 469 g/mol. The first-order valence-electron chi connectivity index (χ1n) is 10.5. The van der Waals surface area contributed by atoms with E-state index in [1.807, 2.05) is 35.7 Å². The highest BCUT2D eigenvalue weighted by Gasteiger charge is 2.45. The summed E-state index contributed by atoms with van der Waals surface area (Å²) in [6, 6.07) is 11.2. The highest BCUT2D eigenvalue weighted by molar-refractivity contribution is 7.12. The van der Waals surface area contributed by atoms with E-state index in [0.717, 1.165) is 36.8 Å². The quantitative estimate of drug-likeness (QED) is 0.715. The molecule has 4 heterocycles. The summed E-state index contributed by atoms with van der Waals surface area (Å²) in [5.74, 6) is 1.40. The third-order valence-electron chi connectivity index (χ3n) is 6.76. The Kier molecular flexibility index (Phi) is 8.16. The lowest BCUT2D eigenvalue weighted by Crippen LogP contribution is -2.65. The minimum absolute atomic E-state index is 0. The zero-order valence-corrected chi connectivity index (χ0v) is 19.4. The minimum Gasteiger partial charge on any atom is -0.348 e. The highest BCUT2D eigenvalue weighted by Crippen LogP contribution is 2.38. The van der Waals surface area contributed by atoms with Crippen LogP contribution in [0.15, 0.2) is 35.7 Å². The van der Waals surface area contributed by atoms with Crippen molar-refractivity contribution in [3.63, 3.8) is 0 Å². The molecule has 0 saturated carbocycles. The van der Waals surface area contributed by atoms with Gasteiger partial charge in [0, 0.05) is 29.6 Å². The number of nitrogens with zero attached hydrogens (tertiary/aromatic N) is 2. The summed E-state index contributed by atoms with van der Waals surface area (Å²) in [5.41, 5.74) is 1.93. The molecule has 0 aliphatic carbocycles. The van der Waals surface area contributed by atoms with Crippen LogP contribution in [0.25, 0.3) is 11.3 Å². The van der Waals surface area contributed by atoms with Crippen LogP contribution in [0.2, 0.25) is 0 Å². The van der Waals surface area contributed by atoms with Crippen LogP contribution in [0.4, 0.5) is 0 Å². The monoisotopic (exact) mass is 468 g/mol. The van der Waals surface area contributed by atoms with Gasteiger partial charge in [0.1, 0.15) is 0 Å². The number of aromatic nitrogens is 1. The first-order valence-corrected chi connectivity index (χ1v) is 11.4. The number of hydrogen-bond acceptors (Lipinski definition) is 5. The molecule has 3 aliphatic heterocycles. The number of carbonyl (C=O) groups excluding carboxylic acids is 1. The standard InChI is InChI=1S/C22H28N4OS.2ClH/c27-21(22-25-18(14-28-22)15-6-2-1-3-7-15)24-13-20-17-10-16(11-23-12-17)19-8-4-5-9-26(19)20;;/h1-3,6-7,14,16-17,19-20,23H,4-5,8-13H2,(H,24,27);2*1H/t16-,17+,19+,20+;;/m1../s1.